The van der Waals surface area contributed by atoms with Gasteiger partial charge in [-0.15, -0.1) is 0 Å². The van der Waals surface area contributed by atoms with E-state index in [1.165, 1.54) is 9.28 Å². The first-order valence-corrected chi connectivity index (χ1v) is 7.45. The molecule has 0 unspecified atom stereocenters. The Balaban J connectivity index is -0.000000167. The maximum atomic E-state index is 2.35. The van der Waals surface area contributed by atoms with Gasteiger partial charge in [-0.05, 0) is 0 Å². The molecular weight excluding hydrogens is 319 g/mol. The Morgan fingerprint density at radius 2 is 0.857 bits per heavy atom. The zero-order chi connectivity index (χ0) is 9.12. The van der Waals surface area contributed by atoms with E-state index in [4.69, 9.17) is 0 Å². The summed E-state index contributed by atoms with van der Waals surface area (Å²) in [5.74, 6) is 0. The predicted octanol–water partition coefficient (Wildman–Crippen LogP) is -4.99. The first-order chi connectivity index (χ1) is 4.71. The molecule has 0 saturated carbocycles. The third-order valence-electron chi connectivity index (χ3n) is 1.17. The van der Waals surface area contributed by atoms with Crippen molar-refractivity contribution in [2.45, 2.75) is 50.8 Å². The average Bonchev–Trinajstić information content (AvgIpc) is 1.55. The molecule has 0 rings (SSSR count). The molecule has 0 amide bonds. The van der Waals surface area contributed by atoms with Gasteiger partial charge in [0.15, 0.2) is 0 Å². The monoisotopic (exact) mass is 340 g/mol. The van der Waals surface area contributed by atoms with Gasteiger partial charge in [0.2, 0.25) is 0 Å². The molecule has 0 aromatic carbocycles. The van der Waals surface area contributed by atoms with Crippen LogP contribution in [-0.2, 0) is 19.8 Å². The van der Waals surface area contributed by atoms with E-state index in [0.29, 0.717) is 10.8 Å². The minimum absolute atomic E-state index is 0. The summed E-state index contributed by atoms with van der Waals surface area (Å²) in [7, 11) is 0. The quantitative estimate of drug-likeness (QED) is 0.442. The summed E-state index contributed by atoms with van der Waals surface area (Å²) in [4.78, 5) is 0. The number of halogens is 3. The van der Waals surface area contributed by atoms with Crippen LogP contribution in [0.2, 0.25) is 9.28 Å². The third kappa shape index (κ3) is 23.4. The molecule has 0 aliphatic carbocycles. The SMILES string of the molecule is CC(C)(C)[CH2][Nb+3][CH2]C(C)(C)C.[Cl-].[Cl-].[Cl-]. The van der Waals surface area contributed by atoms with Gasteiger partial charge in [0, 0.05) is 0 Å². The van der Waals surface area contributed by atoms with Crippen molar-refractivity contribution in [3.63, 3.8) is 0 Å². The van der Waals surface area contributed by atoms with Crippen molar-refractivity contribution < 1.29 is 57.0 Å². The molecule has 0 nitrogen and oxygen atoms in total. The topological polar surface area (TPSA) is 0 Å². The summed E-state index contributed by atoms with van der Waals surface area (Å²) >= 11 is 0.110. The molecule has 0 aliphatic heterocycles. The second kappa shape index (κ2) is 9.81. The molecule has 14 heavy (non-hydrogen) atoms. The van der Waals surface area contributed by atoms with Crippen molar-refractivity contribution in [3.8, 4) is 0 Å². The van der Waals surface area contributed by atoms with Crippen LogP contribution in [0.15, 0.2) is 0 Å². The molecule has 0 fully saturated rings. The molecule has 0 atom stereocenters. The predicted molar refractivity (Wildman–Crippen MR) is 48.5 cm³/mol. The van der Waals surface area contributed by atoms with Crippen LogP contribution in [0, 0.1) is 10.8 Å². The molecule has 0 spiro atoms. The molecule has 0 radical (unpaired) electrons. The minimum atomic E-state index is 0. The van der Waals surface area contributed by atoms with Gasteiger partial charge in [-0.3, -0.25) is 0 Å². The Bertz CT molecular complexity index is 99.5. The Kier molecular flexibility index (Phi) is 17.3. The van der Waals surface area contributed by atoms with Crippen molar-refractivity contribution >= 4 is 0 Å². The first kappa shape index (κ1) is 24.7. The van der Waals surface area contributed by atoms with Gasteiger partial charge in [0.1, 0.15) is 0 Å². The molecule has 0 heterocycles. The van der Waals surface area contributed by atoms with Gasteiger partial charge >= 0.3 is 81.4 Å². The summed E-state index contributed by atoms with van der Waals surface area (Å²) < 4.78 is 3.00. The summed E-state index contributed by atoms with van der Waals surface area (Å²) in [5, 5.41) is 0. The van der Waals surface area contributed by atoms with E-state index in [2.05, 4.69) is 41.5 Å². The molecular formula is C10H22Cl3Nb. The molecule has 88 valence electrons. The molecule has 0 N–H and O–H groups in total. The number of hydrogen-bond donors (Lipinski definition) is 0. The van der Waals surface area contributed by atoms with Crippen LogP contribution in [0.3, 0.4) is 0 Å². The summed E-state index contributed by atoms with van der Waals surface area (Å²) in [6.45, 7) is 14.1. The summed E-state index contributed by atoms with van der Waals surface area (Å²) in [5.41, 5.74) is 1.17. The fourth-order valence-electron chi connectivity index (χ4n) is 0.727. The standard InChI is InChI=1S/2C5H11.3ClH.Nb/c2*1-5(2,3)4;;;;/h2*1H2,2-4H3;3*1H;/q;;;;;+3/p-3. The van der Waals surface area contributed by atoms with Crippen molar-refractivity contribution in [3.05, 3.63) is 0 Å². The summed E-state index contributed by atoms with van der Waals surface area (Å²) in [6, 6.07) is 0. The van der Waals surface area contributed by atoms with Gasteiger partial charge in [-0.1, -0.05) is 0 Å². The second-order valence-electron chi connectivity index (χ2n) is 5.66. The molecule has 0 aromatic heterocycles. The Morgan fingerprint density at radius 3 is 1.00 bits per heavy atom. The molecule has 0 bridgehead atoms. The van der Waals surface area contributed by atoms with Gasteiger partial charge in [-0.2, -0.15) is 0 Å². The van der Waals surface area contributed by atoms with E-state index in [9.17, 15) is 0 Å². The third-order valence-corrected chi connectivity index (χ3v) is 6.94. The Labute approximate surface area is 118 Å². The molecule has 0 saturated heterocycles. The maximum Gasteiger partial charge on any atom is -1.00 e. The van der Waals surface area contributed by atoms with E-state index in [0.717, 1.165) is 0 Å². The van der Waals surface area contributed by atoms with Crippen LogP contribution in [0.4, 0.5) is 0 Å². The normalized spacial score (nSPS) is 10.1. The van der Waals surface area contributed by atoms with Gasteiger partial charge in [-0.25, -0.2) is 0 Å². The number of hydrogen-bond acceptors (Lipinski definition) is 0. The van der Waals surface area contributed by atoms with E-state index < -0.39 is 0 Å². The first-order valence-electron chi connectivity index (χ1n) is 4.34. The smallest absolute Gasteiger partial charge is 1.00 e. The van der Waals surface area contributed by atoms with E-state index in [-0.39, 0.29) is 57.0 Å². The van der Waals surface area contributed by atoms with Crippen LogP contribution in [-0.4, -0.2) is 0 Å². The van der Waals surface area contributed by atoms with Crippen LogP contribution in [0.1, 0.15) is 41.5 Å². The van der Waals surface area contributed by atoms with E-state index in [1.807, 2.05) is 0 Å². The number of rotatable bonds is 2. The fraction of sp³-hybridized carbons (Fsp3) is 1.00. The molecule has 4 heteroatoms. The average molecular weight is 342 g/mol. The van der Waals surface area contributed by atoms with Crippen molar-refractivity contribution in [1.29, 1.82) is 0 Å². The maximum absolute atomic E-state index is 2.35. The molecule has 0 aromatic rings. The minimum Gasteiger partial charge on any atom is -1.00 e. The van der Waals surface area contributed by atoms with E-state index in [1.54, 1.807) is 0 Å². The zero-order valence-corrected chi connectivity index (χ0v) is 14.5. The Hall–Kier alpha value is 1.61. The van der Waals surface area contributed by atoms with Gasteiger partial charge in [0.05, 0.1) is 0 Å². The summed E-state index contributed by atoms with van der Waals surface area (Å²) in [6.07, 6.45) is 0. The van der Waals surface area contributed by atoms with Gasteiger partial charge in [0.25, 0.3) is 0 Å². The largest absolute Gasteiger partial charge is 1.00 e. The zero-order valence-electron chi connectivity index (χ0n) is 10.00. The van der Waals surface area contributed by atoms with Crippen molar-refractivity contribution in [1.82, 2.24) is 0 Å². The van der Waals surface area contributed by atoms with Crippen LogP contribution >= 0.6 is 0 Å². The van der Waals surface area contributed by atoms with Crippen LogP contribution < -0.4 is 37.2 Å². The fourth-order valence-corrected chi connectivity index (χ4v) is 4.30. The van der Waals surface area contributed by atoms with Crippen LogP contribution in [0.5, 0.6) is 0 Å². The van der Waals surface area contributed by atoms with Gasteiger partial charge < -0.3 is 37.2 Å². The Morgan fingerprint density at radius 1 is 0.643 bits per heavy atom. The van der Waals surface area contributed by atoms with Crippen molar-refractivity contribution in [2.75, 3.05) is 0 Å². The second-order valence-corrected chi connectivity index (χ2v) is 8.32. The van der Waals surface area contributed by atoms with Crippen molar-refractivity contribution in [2.24, 2.45) is 10.8 Å². The molecule has 0 aliphatic rings. The van der Waals surface area contributed by atoms with E-state index >= 15 is 0 Å². The van der Waals surface area contributed by atoms with Crippen LogP contribution in [0.25, 0.3) is 0 Å².